The first kappa shape index (κ1) is 21.2. The van der Waals surface area contributed by atoms with E-state index in [1.165, 1.54) is 48.5 Å². The summed E-state index contributed by atoms with van der Waals surface area (Å²) in [6.07, 6.45) is 0. The Morgan fingerprint density at radius 2 is 1.63 bits per heavy atom. The van der Waals surface area contributed by atoms with Crippen molar-refractivity contribution >= 4 is 27.3 Å². The van der Waals surface area contributed by atoms with Crippen LogP contribution >= 0.6 is 0 Å². The molecule has 3 rings (SSSR count). The van der Waals surface area contributed by atoms with Gasteiger partial charge in [-0.1, -0.05) is 18.2 Å². The highest BCUT2D eigenvalue weighted by Crippen LogP contribution is 2.23. The van der Waals surface area contributed by atoms with Crippen molar-refractivity contribution in [2.45, 2.75) is 11.5 Å². The summed E-state index contributed by atoms with van der Waals surface area (Å²) in [7, 11) is -4.08. The van der Waals surface area contributed by atoms with Crippen LogP contribution in [0.2, 0.25) is 0 Å². The first-order valence-corrected chi connectivity index (χ1v) is 9.96. The van der Waals surface area contributed by atoms with Crippen LogP contribution in [0.25, 0.3) is 0 Å². The van der Waals surface area contributed by atoms with Crippen molar-refractivity contribution in [2.24, 2.45) is 0 Å². The molecule has 30 heavy (non-hydrogen) atoms. The topological polar surface area (TPSA) is 84.5 Å². The van der Waals surface area contributed by atoms with Crippen molar-refractivity contribution in [1.82, 2.24) is 0 Å². The number of benzene rings is 3. The van der Waals surface area contributed by atoms with Gasteiger partial charge < -0.3 is 10.1 Å². The number of sulfonamides is 1. The van der Waals surface area contributed by atoms with E-state index < -0.39 is 28.4 Å². The third-order valence-corrected chi connectivity index (χ3v) is 5.24. The van der Waals surface area contributed by atoms with Crippen molar-refractivity contribution in [3.63, 3.8) is 0 Å². The maximum Gasteiger partial charge on any atom is 0.387 e. The Bertz CT molecular complexity index is 1150. The summed E-state index contributed by atoms with van der Waals surface area (Å²) in [4.78, 5) is 12.5. The molecule has 0 aliphatic rings. The Labute approximate surface area is 170 Å². The number of halogens is 3. The van der Waals surface area contributed by atoms with E-state index in [9.17, 15) is 26.4 Å². The molecule has 10 heteroatoms. The normalized spacial score (nSPS) is 11.2. The van der Waals surface area contributed by atoms with Crippen LogP contribution < -0.4 is 14.8 Å². The number of nitrogens with one attached hydrogen (secondary N) is 2. The Hall–Kier alpha value is -3.53. The van der Waals surface area contributed by atoms with Gasteiger partial charge in [-0.25, -0.2) is 12.8 Å². The van der Waals surface area contributed by atoms with Crippen LogP contribution in [0, 0.1) is 5.82 Å². The SMILES string of the molecule is O=C(Nc1cccc(OC(F)F)c1)c1ccccc1NS(=O)(=O)c1ccc(F)cc1. The third kappa shape index (κ3) is 5.29. The van der Waals surface area contributed by atoms with E-state index in [-0.39, 0.29) is 27.6 Å². The molecule has 0 fully saturated rings. The maximum atomic E-state index is 13.1. The summed E-state index contributed by atoms with van der Waals surface area (Å²) < 4.78 is 69.4. The van der Waals surface area contributed by atoms with Crippen LogP contribution in [0.15, 0.2) is 77.7 Å². The molecule has 6 nitrogen and oxygen atoms in total. The summed E-state index contributed by atoms with van der Waals surface area (Å²) in [6, 6.07) is 15.4. The Morgan fingerprint density at radius 3 is 2.33 bits per heavy atom. The molecule has 2 N–H and O–H groups in total. The van der Waals surface area contributed by atoms with Crippen LogP contribution in [0.5, 0.6) is 5.75 Å². The molecule has 0 saturated heterocycles. The van der Waals surface area contributed by atoms with Gasteiger partial charge >= 0.3 is 6.61 Å². The molecule has 0 saturated carbocycles. The Balaban J connectivity index is 1.83. The highest BCUT2D eigenvalue weighted by Gasteiger charge is 2.19. The average molecular weight is 436 g/mol. The van der Waals surface area contributed by atoms with Crippen LogP contribution in [-0.4, -0.2) is 20.9 Å². The molecule has 0 heterocycles. The van der Waals surface area contributed by atoms with Crippen molar-refractivity contribution in [1.29, 1.82) is 0 Å². The smallest absolute Gasteiger partial charge is 0.387 e. The molecule has 0 atom stereocenters. The first-order valence-electron chi connectivity index (χ1n) is 8.48. The predicted molar refractivity (Wildman–Crippen MR) is 105 cm³/mol. The number of amides is 1. The molecule has 0 radical (unpaired) electrons. The molecule has 0 aliphatic heterocycles. The van der Waals surface area contributed by atoms with Crippen molar-refractivity contribution in [2.75, 3.05) is 10.0 Å². The Kier molecular flexibility index (Phi) is 6.26. The lowest BCUT2D eigenvalue weighted by atomic mass is 10.1. The molecule has 3 aromatic carbocycles. The quantitative estimate of drug-likeness (QED) is 0.572. The first-order chi connectivity index (χ1) is 14.2. The minimum absolute atomic E-state index is 0.0108. The molecule has 0 spiro atoms. The van der Waals surface area contributed by atoms with Gasteiger partial charge in [0.1, 0.15) is 11.6 Å². The standard InChI is InChI=1S/C20H15F3N2O4S/c21-13-8-10-16(11-9-13)30(27,28)25-18-7-2-1-6-17(18)19(26)24-14-4-3-5-15(12-14)29-20(22)23/h1-12,20,25H,(H,24,26). The minimum Gasteiger partial charge on any atom is -0.435 e. The summed E-state index contributed by atoms with van der Waals surface area (Å²) >= 11 is 0. The maximum absolute atomic E-state index is 13.1. The largest absolute Gasteiger partial charge is 0.435 e. The van der Waals surface area contributed by atoms with E-state index in [1.807, 2.05) is 0 Å². The number of para-hydroxylation sites is 1. The molecule has 0 bridgehead atoms. The monoisotopic (exact) mass is 436 g/mol. The van der Waals surface area contributed by atoms with Crippen LogP contribution in [0.4, 0.5) is 24.5 Å². The summed E-state index contributed by atoms with van der Waals surface area (Å²) in [5, 5.41) is 2.50. The fourth-order valence-electron chi connectivity index (χ4n) is 2.54. The van der Waals surface area contributed by atoms with Gasteiger partial charge in [-0.05, 0) is 48.5 Å². The second kappa shape index (κ2) is 8.87. The zero-order valence-corrected chi connectivity index (χ0v) is 16.0. The molecule has 1 amide bonds. The van der Waals surface area contributed by atoms with Gasteiger partial charge in [0.25, 0.3) is 15.9 Å². The summed E-state index contributed by atoms with van der Waals surface area (Å²) in [5.74, 6) is -1.42. The highest BCUT2D eigenvalue weighted by atomic mass is 32.2. The molecule has 0 aliphatic carbocycles. The van der Waals surface area contributed by atoms with Crippen molar-refractivity contribution in [3.05, 3.63) is 84.2 Å². The summed E-state index contributed by atoms with van der Waals surface area (Å²) in [6.45, 7) is -3.02. The number of carbonyl (C=O) groups excluding carboxylic acids is 1. The van der Waals surface area contributed by atoms with Crippen LogP contribution in [0.1, 0.15) is 10.4 Å². The third-order valence-electron chi connectivity index (χ3n) is 3.86. The molecule has 0 unspecified atom stereocenters. The average Bonchev–Trinajstić information content (AvgIpc) is 2.68. The number of carbonyl (C=O) groups is 1. The molecular weight excluding hydrogens is 421 g/mol. The van der Waals surface area contributed by atoms with E-state index in [1.54, 1.807) is 0 Å². The fraction of sp³-hybridized carbons (Fsp3) is 0.0500. The van der Waals surface area contributed by atoms with Gasteiger partial charge in [0.2, 0.25) is 0 Å². The molecule has 3 aromatic rings. The van der Waals surface area contributed by atoms with Gasteiger partial charge in [-0.2, -0.15) is 8.78 Å². The summed E-state index contributed by atoms with van der Waals surface area (Å²) in [5.41, 5.74) is 0.150. The van der Waals surface area contributed by atoms with Crippen molar-refractivity contribution < 1.29 is 31.1 Å². The van der Waals surface area contributed by atoms with E-state index in [0.717, 1.165) is 24.3 Å². The van der Waals surface area contributed by atoms with E-state index in [2.05, 4.69) is 14.8 Å². The second-order valence-electron chi connectivity index (χ2n) is 5.97. The Morgan fingerprint density at radius 1 is 0.933 bits per heavy atom. The number of hydrogen-bond donors (Lipinski definition) is 2. The number of alkyl halides is 2. The number of rotatable bonds is 7. The minimum atomic E-state index is -4.08. The molecule has 156 valence electrons. The lowest BCUT2D eigenvalue weighted by molar-refractivity contribution is -0.0498. The fourth-order valence-corrected chi connectivity index (χ4v) is 3.62. The van der Waals surface area contributed by atoms with E-state index in [4.69, 9.17) is 0 Å². The van der Waals surface area contributed by atoms with Gasteiger partial charge in [0.05, 0.1) is 16.1 Å². The van der Waals surface area contributed by atoms with Gasteiger partial charge in [-0.3, -0.25) is 9.52 Å². The van der Waals surface area contributed by atoms with Crippen LogP contribution in [-0.2, 0) is 10.0 Å². The number of ether oxygens (including phenoxy) is 1. The second-order valence-corrected chi connectivity index (χ2v) is 7.65. The van der Waals surface area contributed by atoms with Crippen molar-refractivity contribution in [3.8, 4) is 5.75 Å². The van der Waals surface area contributed by atoms with Gasteiger partial charge in [-0.15, -0.1) is 0 Å². The molecule has 0 aromatic heterocycles. The van der Waals surface area contributed by atoms with E-state index in [0.29, 0.717) is 0 Å². The van der Waals surface area contributed by atoms with E-state index >= 15 is 0 Å². The lowest BCUT2D eigenvalue weighted by Gasteiger charge is -2.13. The predicted octanol–water partition coefficient (Wildman–Crippen LogP) is 4.48. The number of anilines is 2. The highest BCUT2D eigenvalue weighted by molar-refractivity contribution is 7.92. The lowest BCUT2D eigenvalue weighted by Crippen LogP contribution is -2.18. The zero-order chi connectivity index (χ0) is 21.7. The zero-order valence-electron chi connectivity index (χ0n) is 15.2. The van der Waals surface area contributed by atoms with Gasteiger partial charge in [0, 0.05) is 11.8 Å². The van der Waals surface area contributed by atoms with Crippen LogP contribution in [0.3, 0.4) is 0 Å². The number of hydrogen-bond acceptors (Lipinski definition) is 4. The van der Waals surface area contributed by atoms with Gasteiger partial charge in [0.15, 0.2) is 0 Å². The molecular formula is C20H15F3N2O4S.